The predicted molar refractivity (Wildman–Crippen MR) is 127 cm³/mol. The molecule has 0 spiro atoms. The molecule has 1 saturated heterocycles. The molecule has 0 saturated carbocycles. The number of likely N-dealkylation sites (tertiary alicyclic amines) is 1. The monoisotopic (exact) mass is 493 g/mol. The van der Waals surface area contributed by atoms with Gasteiger partial charge in [0.25, 0.3) is 17.2 Å². The van der Waals surface area contributed by atoms with Gasteiger partial charge in [-0.3, -0.25) is 19.7 Å². The van der Waals surface area contributed by atoms with Crippen molar-refractivity contribution >= 4 is 34.4 Å². The number of benzene rings is 2. The standard InChI is InChI=1S/C23H20ClN7O4/c24-18-6-2-1-4-15(18)13-30-21-19(27-28-30)22(32)26-20(25-21)16-5-3-11-29(12-16)23(33)14-7-9-17(10-8-14)31(34)35/h1-2,4,6-10,16H,3,5,11-13H2,(H,25,26,32)/t16-/m0/s1. The van der Waals surface area contributed by atoms with E-state index in [0.717, 1.165) is 18.4 Å². The van der Waals surface area contributed by atoms with Gasteiger partial charge in [-0.05, 0) is 36.6 Å². The highest BCUT2D eigenvalue weighted by Gasteiger charge is 2.28. The summed E-state index contributed by atoms with van der Waals surface area (Å²) >= 11 is 6.28. The predicted octanol–water partition coefficient (Wildman–Crippen LogP) is 3.14. The molecular formula is C23H20ClN7O4. The molecule has 11 nitrogen and oxygen atoms in total. The molecule has 0 bridgehead atoms. The van der Waals surface area contributed by atoms with Gasteiger partial charge in [0.15, 0.2) is 11.2 Å². The third-order valence-electron chi connectivity index (χ3n) is 6.09. The summed E-state index contributed by atoms with van der Waals surface area (Å²) < 4.78 is 1.54. The van der Waals surface area contributed by atoms with Crippen molar-refractivity contribution in [3.63, 3.8) is 0 Å². The van der Waals surface area contributed by atoms with E-state index in [-0.39, 0.29) is 23.0 Å². The molecule has 0 unspecified atom stereocenters. The number of hydrogen-bond acceptors (Lipinski definition) is 7. The second-order valence-corrected chi connectivity index (χ2v) is 8.76. The summed E-state index contributed by atoms with van der Waals surface area (Å²) in [7, 11) is 0. The molecule has 1 aliphatic heterocycles. The summed E-state index contributed by atoms with van der Waals surface area (Å²) in [5.41, 5.74) is 1.21. The van der Waals surface area contributed by atoms with Gasteiger partial charge in [0.1, 0.15) is 5.82 Å². The molecule has 35 heavy (non-hydrogen) atoms. The fourth-order valence-corrected chi connectivity index (χ4v) is 4.46. The highest BCUT2D eigenvalue weighted by molar-refractivity contribution is 6.31. The van der Waals surface area contributed by atoms with E-state index in [1.807, 2.05) is 18.2 Å². The van der Waals surface area contributed by atoms with Crippen LogP contribution in [0.25, 0.3) is 11.2 Å². The molecule has 1 fully saturated rings. The fraction of sp³-hybridized carbons (Fsp3) is 0.261. The first-order valence-electron chi connectivity index (χ1n) is 11.0. The number of carbonyl (C=O) groups is 1. The normalized spacial score (nSPS) is 15.9. The summed E-state index contributed by atoms with van der Waals surface area (Å²) in [5.74, 6) is 0.0522. The molecule has 1 aliphatic rings. The molecular weight excluding hydrogens is 474 g/mol. The number of H-pyrrole nitrogens is 1. The molecule has 0 aliphatic carbocycles. The summed E-state index contributed by atoms with van der Waals surface area (Å²) in [6.07, 6.45) is 1.47. The largest absolute Gasteiger partial charge is 0.338 e. The second kappa shape index (κ2) is 9.26. The fourth-order valence-electron chi connectivity index (χ4n) is 4.26. The summed E-state index contributed by atoms with van der Waals surface area (Å²) in [6, 6.07) is 12.9. The van der Waals surface area contributed by atoms with E-state index in [2.05, 4.69) is 20.3 Å². The van der Waals surface area contributed by atoms with E-state index in [0.29, 0.717) is 41.7 Å². The molecule has 0 radical (unpaired) electrons. The molecule has 2 aromatic carbocycles. The van der Waals surface area contributed by atoms with Gasteiger partial charge in [-0.2, -0.15) is 0 Å². The first kappa shape index (κ1) is 22.7. The van der Waals surface area contributed by atoms with Crippen LogP contribution in [-0.2, 0) is 6.54 Å². The summed E-state index contributed by atoms with van der Waals surface area (Å²) in [4.78, 5) is 45.3. The van der Waals surface area contributed by atoms with Crippen molar-refractivity contribution in [2.24, 2.45) is 0 Å². The van der Waals surface area contributed by atoms with Crippen LogP contribution >= 0.6 is 11.6 Å². The van der Waals surface area contributed by atoms with E-state index in [1.54, 1.807) is 11.0 Å². The van der Waals surface area contributed by atoms with Gasteiger partial charge in [-0.1, -0.05) is 35.0 Å². The smallest absolute Gasteiger partial charge is 0.281 e. The first-order valence-corrected chi connectivity index (χ1v) is 11.4. The zero-order valence-electron chi connectivity index (χ0n) is 18.4. The molecule has 1 N–H and O–H groups in total. The zero-order chi connectivity index (χ0) is 24.5. The van der Waals surface area contributed by atoms with Gasteiger partial charge < -0.3 is 9.88 Å². The molecule has 5 rings (SSSR count). The number of non-ortho nitro benzene ring substituents is 1. The van der Waals surface area contributed by atoms with Crippen LogP contribution in [0.2, 0.25) is 5.02 Å². The minimum atomic E-state index is -0.505. The van der Waals surface area contributed by atoms with Crippen molar-refractivity contribution in [3.05, 3.63) is 91.0 Å². The van der Waals surface area contributed by atoms with Gasteiger partial charge in [-0.15, -0.1) is 5.10 Å². The summed E-state index contributed by atoms with van der Waals surface area (Å²) in [6.45, 7) is 1.21. The number of aromatic nitrogens is 5. The minimum absolute atomic E-state index is 0.0739. The van der Waals surface area contributed by atoms with E-state index in [4.69, 9.17) is 11.6 Å². The van der Waals surface area contributed by atoms with Crippen molar-refractivity contribution in [1.82, 2.24) is 29.9 Å². The van der Waals surface area contributed by atoms with Crippen molar-refractivity contribution in [2.75, 3.05) is 13.1 Å². The number of hydrogen-bond donors (Lipinski definition) is 1. The number of nitrogens with one attached hydrogen (secondary N) is 1. The number of aromatic amines is 1. The maximum absolute atomic E-state index is 13.0. The Labute approximate surface area is 203 Å². The zero-order valence-corrected chi connectivity index (χ0v) is 19.2. The average Bonchev–Trinajstić information content (AvgIpc) is 3.28. The molecule has 12 heteroatoms. The van der Waals surface area contributed by atoms with Crippen LogP contribution in [0.5, 0.6) is 0 Å². The van der Waals surface area contributed by atoms with Crippen molar-refractivity contribution in [3.8, 4) is 0 Å². The van der Waals surface area contributed by atoms with Gasteiger partial charge in [0, 0.05) is 41.7 Å². The Bertz CT molecular complexity index is 1480. The lowest BCUT2D eigenvalue weighted by molar-refractivity contribution is -0.384. The molecule has 1 amide bonds. The Balaban J connectivity index is 1.40. The number of nitro benzene ring substituents is 1. The van der Waals surface area contributed by atoms with Crippen LogP contribution in [0.1, 0.15) is 40.5 Å². The van der Waals surface area contributed by atoms with Crippen molar-refractivity contribution < 1.29 is 9.72 Å². The number of amides is 1. The van der Waals surface area contributed by atoms with E-state index in [1.165, 1.54) is 28.9 Å². The number of rotatable bonds is 5. The van der Waals surface area contributed by atoms with Gasteiger partial charge in [-0.25, -0.2) is 9.67 Å². The SMILES string of the molecule is O=C(c1ccc([N+](=O)[O-])cc1)N1CCC[C@H](c2nc3c(nnn3Cc3ccccc3Cl)c(=O)[nH]2)C1. The van der Waals surface area contributed by atoms with Crippen molar-refractivity contribution in [1.29, 1.82) is 0 Å². The highest BCUT2D eigenvalue weighted by atomic mass is 35.5. The Morgan fingerprint density at radius 2 is 1.97 bits per heavy atom. The second-order valence-electron chi connectivity index (χ2n) is 8.36. The number of halogens is 1. The molecule has 4 aromatic rings. The van der Waals surface area contributed by atoms with E-state index in [9.17, 15) is 19.7 Å². The lowest BCUT2D eigenvalue weighted by atomic mass is 9.96. The van der Waals surface area contributed by atoms with Gasteiger partial charge >= 0.3 is 0 Å². The van der Waals surface area contributed by atoms with Crippen molar-refractivity contribution in [2.45, 2.75) is 25.3 Å². The molecule has 3 heterocycles. The number of carbonyl (C=O) groups excluding carboxylic acids is 1. The highest BCUT2D eigenvalue weighted by Crippen LogP contribution is 2.26. The molecule has 1 atom stereocenters. The average molecular weight is 494 g/mol. The van der Waals surface area contributed by atoms with E-state index >= 15 is 0 Å². The van der Waals surface area contributed by atoms with Crippen LogP contribution in [0.3, 0.4) is 0 Å². The quantitative estimate of drug-likeness (QED) is 0.332. The molecule has 2 aromatic heterocycles. The number of fused-ring (bicyclic) bond motifs is 1. The van der Waals surface area contributed by atoms with Crippen LogP contribution in [0.15, 0.2) is 53.3 Å². The van der Waals surface area contributed by atoms with Crippen LogP contribution in [-0.4, -0.2) is 53.8 Å². The van der Waals surface area contributed by atoms with E-state index < -0.39 is 10.5 Å². The summed E-state index contributed by atoms with van der Waals surface area (Å²) in [5, 5.41) is 19.5. The van der Waals surface area contributed by atoms with Crippen LogP contribution in [0.4, 0.5) is 5.69 Å². The Morgan fingerprint density at radius 1 is 1.20 bits per heavy atom. The third-order valence-corrected chi connectivity index (χ3v) is 6.46. The maximum atomic E-state index is 13.0. The number of nitrogens with zero attached hydrogens (tertiary/aromatic N) is 6. The molecule has 178 valence electrons. The first-order chi connectivity index (χ1) is 16.9. The Morgan fingerprint density at radius 3 is 2.71 bits per heavy atom. The Hall–Kier alpha value is -4.12. The number of nitro groups is 1. The van der Waals surface area contributed by atoms with Gasteiger partial charge in [0.2, 0.25) is 0 Å². The topological polar surface area (TPSA) is 140 Å². The maximum Gasteiger partial charge on any atom is 0.281 e. The van der Waals surface area contributed by atoms with Crippen LogP contribution < -0.4 is 5.56 Å². The minimum Gasteiger partial charge on any atom is -0.338 e. The lowest BCUT2D eigenvalue weighted by Crippen LogP contribution is -2.40. The van der Waals surface area contributed by atoms with Crippen LogP contribution in [0, 0.1) is 10.1 Å². The lowest BCUT2D eigenvalue weighted by Gasteiger charge is -2.32. The van der Waals surface area contributed by atoms with Gasteiger partial charge in [0.05, 0.1) is 11.5 Å². The number of piperidine rings is 1. The third kappa shape index (κ3) is 4.50. The Kier molecular flexibility index (Phi) is 6.00.